The molecule has 1 atom stereocenters. The summed E-state index contributed by atoms with van der Waals surface area (Å²) < 4.78 is 28.3. The number of thiophene rings is 1. The number of sulfonamides is 1. The first-order valence-electron chi connectivity index (χ1n) is 7.80. The lowest BCUT2D eigenvalue weighted by molar-refractivity contribution is 0.573. The molecule has 0 saturated carbocycles. The lowest BCUT2D eigenvalue weighted by Crippen LogP contribution is -2.29. The zero-order valence-corrected chi connectivity index (χ0v) is 15.0. The third-order valence-electron chi connectivity index (χ3n) is 3.88. The number of benzene rings is 2. The summed E-state index contributed by atoms with van der Waals surface area (Å²) in [6.07, 6.45) is 0.958. The highest BCUT2D eigenvalue weighted by atomic mass is 32.2. The number of nitrogens with one attached hydrogen (secondary N) is 1. The minimum atomic E-state index is -3.59. The molecule has 0 unspecified atom stereocenters. The predicted octanol–water partition coefficient (Wildman–Crippen LogP) is 4.38. The molecule has 0 radical (unpaired) electrons. The lowest BCUT2D eigenvalue weighted by atomic mass is 10.0. The topological polar surface area (TPSA) is 46.2 Å². The zero-order valence-electron chi connectivity index (χ0n) is 13.3. The van der Waals surface area contributed by atoms with Crippen molar-refractivity contribution in [3.63, 3.8) is 0 Å². The van der Waals surface area contributed by atoms with Crippen molar-refractivity contribution in [1.29, 1.82) is 0 Å². The molecule has 0 aliphatic carbocycles. The summed E-state index contributed by atoms with van der Waals surface area (Å²) >= 11 is 1.54. The zero-order chi connectivity index (χ0) is 17.0. The minimum absolute atomic E-state index is 0.275. The standard InChI is InChI=1S/C19H19NO2S2/c1-2-15-10-12-16(13-11-15)19(18-9-6-14-23-18)20-24(21,22)17-7-4-3-5-8-17/h3-14,19-20H,2H2,1H3/t19-/m1/s1. The summed E-state index contributed by atoms with van der Waals surface area (Å²) in [5.41, 5.74) is 2.17. The molecule has 0 fully saturated rings. The normalized spacial score (nSPS) is 12.9. The van der Waals surface area contributed by atoms with Crippen molar-refractivity contribution in [2.75, 3.05) is 0 Å². The van der Waals surface area contributed by atoms with Gasteiger partial charge >= 0.3 is 0 Å². The SMILES string of the molecule is CCc1ccc([C@@H](NS(=O)(=O)c2ccccc2)c2cccs2)cc1. The lowest BCUT2D eigenvalue weighted by Gasteiger charge is -2.18. The first kappa shape index (κ1) is 16.9. The van der Waals surface area contributed by atoms with Crippen LogP contribution in [0, 0.1) is 0 Å². The first-order chi connectivity index (χ1) is 11.6. The molecule has 1 N–H and O–H groups in total. The molecule has 1 heterocycles. The fourth-order valence-corrected chi connectivity index (χ4v) is 4.62. The Morgan fingerprint density at radius 3 is 2.25 bits per heavy atom. The second kappa shape index (κ2) is 7.30. The smallest absolute Gasteiger partial charge is 0.207 e. The maximum absolute atomic E-state index is 12.7. The average Bonchev–Trinajstić information content (AvgIpc) is 3.15. The summed E-state index contributed by atoms with van der Waals surface area (Å²) in [5, 5.41) is 1.96. The first-order valence-corrected chi connectivity index (χ1v) is 10.2. The van der Waals surface area contributed by atoms with E-state index in [1.165, 1.54) is 5.56 Å². The monoisotopic (exact) mass is 357 g/mol. The van der Waals surface area contributed by atoms with E-state index in [4.69, 9.17) is 0 Å². The van der Waals surface area contributed by atoms with E-state index < -0.39 is 10.0 Å². The van der Waals surface area contributed by atoms with Crippen molar-refractivity contribution in [2.45, 2.75) is 24.3 Å². The largest absolute Gasteiger partial charge is 0.241 e. The molecule has 0 spiro atoms. The summed E-state index contributed by atoms with van der Waals surface area (Å²) in [4.78, 5) is 1.25. The Kier molecular flexibility index (Phi) is 5.14. The van der Waals surface area contributed by atoms with Gasteiger partial charge in [0.25, 0.3) is 0 Å². The molecular weight excluding hydrogens is 338 g/mol. The van der Waals surface area contributed by atoms with Gasteiger partial charge in [0.15, 0.2) is 0 Å². The van der Waals surface area contributed by atoms with Crippen LogP contribution in [-0.2, 0) is 16.4 Å². The van der Waals surface area contributed by atoms with Crippen molar-refractivity contribution < 1.29 is 8.42 Å². The highest BCUT2D eigenvalue weighted by molar-refractivity contribution is 7.89. The van der Waals surface area contributed by atoms with Gasteiger partial charge in [-0.1, -0.05) is 55.5 Å². The van der Waals surface area contributed by atoms with Gasteiger partial charge in [-0.15, -0.1) is 11.3 Å². The van der Waals surface area contributed by atoms with Crippen LogP contribution < -0.4 is 4.72 Å². The molecule has 0 amide bonds. The van der Waals surface area contributed by atoms with E-state index in [2.05, 4.69) is 11.6 Å². The molecule has 0 bridgehead atoms. The van der Waals surface area contributed by atoms with Gasteiger partial charge in [-0.05, 0) is 41.1 Å². The van der Waals surface area contributed by atoms with Gasteiger partial charge in [0.05, 0.1) is 10.9 Å². The van der Waals surface area contributed by atoms with E-state index >= 15 is 0 Å². The minimum Gasteiger partial charge on any atom is -0.207 e. The summed E-state index contributed by atoms with van der Waals surface area (Å²) in [5.74, 6) is 0. The van der Waals surface area contributed by atoms with Gasteiger partial charge in [-0.25, -0.2) is 8.42 Å². The fraction of sp³-hybridized carbons (Fsp3) is 0.158. The van der Waals surface area contributed by atoms with Crippen LogP contribution in [0.2, 0.25) is 0 Å². The summed E-state index contributed by atoms with van der Waals surface area (Å²) in [7, 11) is -3.59. The molecule has 5 heteroatoms. The van der Waals surface area contributed by atoms with Crippen LogP contribution >= 0.6 is 11.3 Å². The van der Waals surface area contributed by atoms with Crippen molar-refractivity contribution in [3.05, 3.63) is 88.1 Å². The Hall–Kier alpha value is -1.95. The molecule has 2 aromatic carbocycles. The highest BCUT2D eigenvalue weighted by Crippen LogP contribution is 2.28. The number of aryl methyl sites for hydroxylation is 1. The van der Waals surface area contributed by atoms with Gasteiger partial charge in [0.2, 0.25) is 10.0 Å². The summed E-state index contributed by atoms with van der Waals surface area (Å²) in [6.45, 7) is 2.10. The maximum atomic E-state index is 12.7. The van der Waals surface area contributed by atoms with E-state index in [-0.39, 0.29) is 10.9 Å². The van der Waals surface area contributed by atoms with Crippen LogP contribution in [-0.4, -0.2) is 8.42 Å². The van der Waals surface area contributed by atoms with Crippen LogP contribution in [0.15, 0.2) is 77.0 Å². The van der Waals surface area contributed by atoms with Crippen molar-refractivity contribution in [1.82, 2.24) is 4.72 Å². The van der Waals surface area contributed by atoms with Crippen molar-refractivity contribution in [2.24, 2.45) is 0 Å². The molecular formula is C19H19NO2S2. The summed E-state index contributed by atoms with van der Waals surface area (Å²) in [6, 6.07) is 20.1. The Labute approximate surface area is 147 Å². The average molecular weight is 358 g/mol. The Morgan fingerprint density at radius 1 is 0.958 bits per heavy atom. The molecule has 3 aromatic rings. The van der Waals surface area contributed by atoms with Gasteiger partial charge in [-0.2, -0.15) is 4.72 Å². The van der Waals surface area contributed by atoms with Gasteiger partial charge < -0.3 is 0 Å². The number of rotatable bonds is 6. The Morgan fingerprint density at radius 2 is 1.67 bits per heavy atom. The van der Waals surface area contributed by atoms with Crippen LogP contribution in [0.25, 0.3) is 0 Å². The second-order valence-electron chi connectivity index (χ2n) is 5.48. The van der Waals surface area contributed by atoms with E-state index in [1.54, 1.807) is 41.7 Å². The Bertz CT molecular complexity index is 871. The molecule has 124 valence electrons. The van der Waals surface area contributed by atoms with E-state index in [0.717, 1.165) is 16.9 Å². The van der Waals surface area contributed by atoms with E-state index in [9.17, 15) is 8.42 Å². The molecule has 0 saturated heterocycles. The van der Waals surface area contributed by atoms with E-state index in [1.807, 2.05) is 41.8 Å². The van der Waals surface area contributed by atoms with E-state index in [0.29, 0.717) is 0 Å². The molecule has 0 aliphatic rings. The number of hydrogen-bond donors (Lipinski definition) is 1. The second-order valence-corrected chi connectivity index (χ2v) is 8.17. The molecule has 1 aromatic heterocycles. The quantitative estimate of drug-likeness (QED) is 0.712. The van der Waals surface area contributed by atoms with Crippen molar-refractivity contribution in [3.8, 4) is 0 Å². The third-order valence-corrected chi connectivity index (χ3v) is 6.25. The molecule has 3 nitrogen and oxygen atoms in total. The number of hydrogen-bond acceptors (Lipinski definition) is 3. The maximum Gasteiger partial charge on any atom is 0.241 e. The van der Waals surface area contributed by atoms with Crippen molar-refractivity contribution >= 4 is 21.4 Å². The van der Waals surface area contributed by atoms with Crippen LogP contribution in [0.1, 0.15) is 29.0 Å². The fourth-order valence-electron chi connectivity index (χ4n) is 2.51. The Balaban J connectivity index is 1.97. The third kappa shape index (κ3) is 3.75. The van der Waals surface area contributed by atoms with Gasteiger partial charge in [0, 0.05) is 4.88 Å². The molecule has 0 aliphatic heterocycles. The van der Waals surface area contributed by atoms with Crippen LogP contribution in [0.5, 0.6) is 0 Å². The predicted molar refractivity (Wildman–Crippen MR) is 98.7 cm³/mol. The molecule has 3 rings (SSSR count). The van der Waals surface area contributed by atoms with Crippen LogP contribution in [0.3, 0.4) is 0 Å². The molecule has 24 heavy (non-hydrogen) atoms. The van der Waals surface area contributed by atoms with Gasteiger partial charge in [0.1, 0.15) is 0 Å². The van der Waals surface area contributed by atoms with Gasteiger partial charge in [-0.3, -0.25) is 0 Å². The highest BCUT2D eigenvalue weighted by Gasteiger charge is 2.23. The van der Waals surface area contributed by atoms with Crippen LogP contribution in [0.4, 0.5) is 0 Å².